The smallest absolute Gasteiger partial charge is 0.247 e. The summed E-state index contributed by atoms with van der Waals surface area (Å²) in [5.41, 5.74) is 3.44. The third kappa shape index (κ3) is 3.98. The minimum Gasteiger partial charge on any atom is -0.497 e. The summed E-state index contributed by atoms with van der Waals surface area (Å²) < 4.78 is 12.3. The van der Waals surface area contributed by atoms with Crippen molar-refractivity contribution >= 4 is 39.5 Å². The van der Waals surface area contributed by atoms with Gasteiger partial charge in [0, 0.05) is 15.7 Å². The van der Waals surface area contributed by atoms with Crippen molar-refractivity contribution in [3.63, 3.8) is 0 Å². The molecule has 0 fully saturated rings. The molecule has 28 heavy (non-hydrogen) atoms. The van der Waals surface area contributed by atoms with Crippen LogP contribution in [-0.2, 0) is 0 Å². The Morgan fingerprint density at radius 3 is 2.75 bits per heavy atom. The second kappa shape index (κ2) is 8.20. The summed E-state index contributed by atoms with van der Waals surface area (Å²) in [5.74, 6) is 1.27. The Morgan fingerprint density at radius 2 is 2.00 bits per heavy atom. The van der Waals surface area contributed by atoms with Crippen LogP contribution in [0, 0.1) is 0 Å². The number of ether oxygens (including phenoxy) is 2. The van der Waals surface area contributed by atoms with Crippen LogP contribution >= 0.6 is 27.7 Å². The average Bonchev–Trinajstić information content (AvgIpc) is 2.88. The highest BCUT2D eigenvalue weighted by Gasteiger charge is 2.24. The molecule has 3 aromatic rings. The van der Waals surface area contributed by atoms with Crippen LogP contribution in [-0.4, -0.2) is 34.8 Å². The van der Waals surface area contributed by atoms with Crippen molar-refractivity contribution in [2.75, 3.05) is 18.7 Å². The van der Waals surface area contributed by atoms with E-state index in [1.54, 1.807) is 7.11 Å². The van der Waals surface area contributed by atoms with E-state index < -0.39 is 6.23 Å². The molecule has 0 radical (unpaired) electrons. The molecule has 2 heterocycles. The molecular formula is C20H17BrN4O2S. The number of nitrogens with zero attached hydrogens (tertiary/aromatic N) is 3. The Morgan fingerprint density at radius 1 is 1.18 bits per heavy atom. The van der Waals surface area contributed by atoms with Gasteiger partial charge in [-0.3, -0.25) is 0 Å². The summed E-state index contributed by atoms with van der Waals surface area (Å²) in [7, 11) is 1.65. The van der Waals surface area contributed by atoms with E-state index in [4.69, 9.17) is 9.47 Å². The van der Waals surface area contributed by atoms with Gasteiger partial charge in [0.2, 0.25) is 11.0 Å². The van der Waals surface area contributed by atoms with Crippen molar-refractivity contribution in [3.05, 3.63) is 58.6 Å². The Balaban J connectivity index is 1.69. The molecule has 1 N–H and O–H groups in total. The minimum atomic E-state index is -0.408. The zero-order chi connectivity index (χ0) is 19.5. The van der Waals surface area contributed by atoms with Gasteiger partial charge < -0.3 is 14.8 Å². The number of thioether (sulfide) groups is 1. The van der Waals surface area contributed by atoms with Crippen molar-refractivity contribution in [2.24, 2.45) is 0 Å². The molecule has 6 nitrogen and oxygen atoms in total. The van der Waals surface area contributed by atoms with E-state index in [0.717, 1.165) is 27.0 Å². The first-order valence-electron chi connectivity index (χ1n) is 8.50. The molecule has 1 atom stereocenters. The summed E-state index contributed by atoms with van der Waals surface area (Å²) in [6.07, 6.45) is 5.44. The number of rotatable bonds is 4. The van der Waals surface area contributed by atoms with Crippen LogP contribution in [0.2, 0.25) is 0 Å². The first-order chi connectivity index (χ1) is 13.7. The molecule has 1 aromatic heterocycles. The number of fused-ring (bicyclic) bond motifs is 3. The van der Waals surface area contributed by atoms with Crippen molar-refractivity contribution in [2.45, 2.75) is 11.4 Å². The van der Waals surface area contributed by atoms with Gasteiger partial charge in [-0.1, -0.05) is 45.9 Å². The number of anilines is 1. The van der Waals surface area contributed by atoms with Gasteiger partial charge >= 0.3 is 0 Å². The number of hydrogen-bond donors (Lipinski definition) is 1. The van der Waals surface area contributed by atoms with E-state index in [1.807, 2.05) is 60.9 Å². The molecule has 4 rings (SSSR count). The van der Waals surface area contributed by atoms with Crippen LogP contribution < -0.4 is 14.8 Å². The van der Waals surface area contributed by atoms with Crippen molar-refractivity contribution in [1.29, 1.82) is 0 Å². The lowest BCUT2D eigenvalue weighted by Crippen LogP contribution is -2.23. The zero-order valence-electron chi connectivity index (χ0n) is 15.2. The molecular weight excluding hydrogens is 440 g/mol. The third-order valence-electron chi connectivity index (χ3n) is 4.17. The van der Waals surface area contributed by atoms with Gasteiger partial charge in [-0.2, -0.15) is 4.98 Å². The van der Waals surface area contributed by atoms with E-state index in [9.17, 15) is 0 Å². The Labute approximate surface area is 175 Å². The molecule has 0 saturated carbocycles. The molecule has 0 bridgehead atoms. The highest BCUT2D eigenvalue weighted by molar-refractivity contribution is 9.10. The van der Waals surface area contributed by atoms with Gasteiger partial charge in [0.05, 0.1) is 7.11 Å². The molecule has 0 spiro atoms. The number of methoxy groups -OCH3 is 1. The molecule has 0 aliphatic carbocycles. The highest BCUT2D eigenvalue weighted by Crippen LogP contribution is 2.38. The van der Waals surface area contributed by atoms with Crippen molar-refractivity contribution in [1.82, 2.24) is 15.2 Å². The van der Waals surface area contributed by atoms with Gasteiger partial charge in [0.15, 0.2) is 11.9 Å². The topological polar surface area (TPSA) is 69.2 Å². The standard InChI is InChI=1S/C20H17BrN4O2S/c1-26-14-7-3-12(4-8-14)5-10-17-22-16-9-6-13(21)11-15(16)18-19(27-17)23-20(28-2)25-24-18/h3-11,17,22H,1-2H3/b10-5+. The van der Waals surface area contributed by atoms with Crippen LogP contribution in [0.1, 0.15) is 5.56 Å². The first-order valence-corrected chi connectivity index (χ1v) is 10.5. The van der Waals surface area contributed by atoms with E-state index in [-0.39, 0.29) is 0 Å². The second-order valence-electron chi connectivity index (χ2n) is 5.96. The van der Waals surface area contributed by atoms with Gasteiger partial charge in [-0.25, -0.2) is 0 Å². The molecule has 0 saturated heterocycles. The van der Waals surface area contributed by atoms with Crippen LogP contribution in [0.25, 0.3) is 17.3 Å². The summed E-state index contributed by atoms with van der Waals surface area (Å²) in [4.78, 5) is 4.51. The van der Waals surface area contributed by atoms with E-state index in [2.05, 4.69) is 36.4 Å². The highest BCUT2D eigenvalue weighted by atomic mass is 79.9. The van der Waals surface area contributed by atoms with Gasteiger partial charge in [0.25, 0.3) is 0 Å². The molecule has 1 aliphatic rings. The maximum Gasteiger partial charge on any atom is 0.247 e. The van der Waals surface area contributed by atoms with Crippen molar-refractivity contribution in [3.8, 4) is 22.9 Å². The Bertz CT molecular complexity index is 1030. The maximum atomic E-state index is 6.12. The van der Waals surface area contributed by atoms with E-state index >= 15 is 0 Å². The fourth-order valence-electron chi connectivity index (χ4n) is 2.78. The summed E-state index contributed by atoms with van der Waals surface area (Å²) in [5, 5.41) is 12.5. The lowest BCUT2D eigenvalue weighted by Gasteiger charge is -2.15. The van der Waals surface area contributed by atoms with Gasteiger partial charge in [-0.05, 0) is 48.2 Å². The average molecular weight is 457 g/mol. The normalized spacial score (nSPS) is 15.2. The van der Waals surface area contributed by atoms with E-state index in [1.165, 1.54) is 11.8 Å². The van der Waals surface area contributed by atoms with Crippen LogP contribution in [0.3, 0.4) is 0 Å². The molecule has 1 aliphatic heterocycles. The predicted molar refractivity (Wildman–Crippen MR) is 115 cm³/mol. The first kappa shape index (κ1) is 18.8. The molecule has 8 heteroatoms. The SMILES string of the molecule is COc1ccc(/C=C/C2Nc3ccc(Br)cc3-c3nnc(SC)nc3O2)cc1. The lowest BCUT2D eigenvalue weighted by atomic mass is 10.1. The summed E-state index contributed by atoms with van der Waals surface area (Å²) >= 11 is 4.94. The quantitative estimate of drug-likeness (QED) is 0.561. The predicted octanol–water partition coefficient (Wildman–Crippen LogP) is 4.88. The van der Waals surface area contributed by atoms with Crippen molar-refractivity contribution < 1.29 is 9.47 Å². The summed E-state index contributed by atoms with van der Waals surface area (Å²) in [6, 6.07) is 13.8. The Hall–Kier alpha value is -2.58. The third-order valence-corrected chi connectivity index (χ3v) is 5.20. The van der Waals surface area contributed by atoms with Gasteiger partial charge in [-0.15, -0.1) is 10.2 Å². The fourth-order valence-corrected chi connectivity index (χ4v) is 3.44. The molecule has 0 amide bonds. The number of halogens is 1. The van der Waals surface area contributed by atoms with Gasteiger partial charge in [0.1, 0.15) is 5.75 Å². The zero-order valence-corrected chi connectivity index (χ0v) is 17.6. The molecule has 2 aromatic carbocycles. The van der Waals surface area contributed by atoms with Crippen LogP contribution in [0.15, 0.2) is 58.2 Å². The number of benzene rings is 2. The Kier molecular flexibility index (Phi) is 5.50. The monoisotopic (exact) mass is 456 g/mol. The minimum absolute atomic E-state index is 0.408. The fraction of sp³-hybridized carbons (Fsp3) is 0.150. The largest absolute Gasteiger partial charge is 0.497 e. The number of nitrogens with one attached hydrogen (secondary N) is 1. The van der Waals surface area contributed by atoms with Crippen LogP contribution in [0.4, 0.5) is 5.69 Å². The van der Waals surface area contributed by atoms with E-state index in [0.29, 0.717) is 16.7 Å². The summed E-state index contributed by atoms with van der Waals surface area (Å²) in [6.45, 7) is 0. The second-order valence-corrected chi connectivity index (χ2v) is 7.65. The molecule has 142 valence electrons. The lowest BCUT2D eigenvalue weighted by molar-refractivity contribution is 0.266. The number of aromatic nitrogens is 3. The van der Waals surface area contributed by atoms with Crippen LogP contribution in [0.5, 0.6) is 11.6 Å². The maximum absolute atomic E-state index is 6.12. The molecule has 1 unspecified atom stereocenters. The number of hydrogen-bond acceptors (Lipinski definition) is 7.